The molecule has 0 unspecified atom stereocenters. The van der Waals surface area contributed by atoms with Crippen molar-refractivity contribution in [2.45, 2.75) is 65.8 Å². The van der Waals surface area contributed by atoms with Gasteiger partial charge in [-0.15, -0.1) is 24.0 Å². The largest absolute Gasteiger partial charge is 0.361 e. The second-order valence-corrected chi connectivity index (χ2v) is 6.40. The number of aromatic nitrogens is 3. The maximum Gasteiger partial charge on any atom is 0.226 e. The molecule has 9 heteroatoms. The van der Waals surface area contributed by atoms with Crippen LogP contribution >= 0.6 is 24.0 Å². The Labute approximate surface area is 178 Å². The molecule has 8 nitrogen and oxygen atoms in total. The molecule has 0 aliphatic heterocycles. The van der Waals surface area contributed by atoms with Crippen LogP contribution in [0.4, 0.5) is 0 Å². The second-order valence-electron chi connectivity index (χ2n) is 6.40. The second kappa shape index (κ2) is 11.9. The van der Waals surface area contributed by atoms with Crippen molar-refractivity contribution in [3.63, 3.8) is 0 Å². The third-order valence-corrected chi connectivity index (χ3v) is 4.12. The van der Waals surface area contributed by atoms with Crippen LogP contribution in [0.3, 0.4) is 0 Å². The summed E-state index contributed by atoms with van der Waals surface area (Å²) < 4.78 is 10.6. The topological polar surface area (TPSA) is 101 Å². The third kappa shape index (κ3) is 6.78. The molecule has 2 heterocycles. The van der Waals surface area contributed by atoms with Gasteiger partial charge < -0.3 is 19.7 Å². The fourth-order valence-corrected chi connectivity index (χ4v) is 2.58. The summed E-state index contributed by atoms with van der Waals surface area (Å²) in [5.41, 5.74) is 2.13. The SMILES string of the molecule is CCc1noc(CC)c1CNC(=NC)NCCCc1nc(C(C)C)no1.I. The highest BCUT2D eigenvalue weighted by Crippen LogP contribution is 2.15. The van der Waals surface area contributed by atoms with Crippen LogP contribution in [0, 0.1) is 0 Å². The molecule has 27 heavy (non-hydrogen) atoms. The van der Waals surface area contributed by atoms with E-state index >= 15 is 0 Å². The monoisotopic (exact) mass is 490 g/mol. The molecule has 0 spiro atoms. The molecule has 0 aromatic carbocycles. The maximum absolute atomic E-state index is 5.39. The molecular formula is C18H31IN6O2. The molecule has 152 valence electrons. The van der Waals surface area contributed by atoms with Crippen LogP contribution in [0.2, 0.25) is 0 Å². The van der Waals surface area contributed by atoms with Gasteiger partial charge in [0.25, 0.3) is 0 Å². The van der Waals surface area contributed by atoms with Crippen molar-refractivity contribution in [3.8, 4) is 0 Å². The fraction of sp³-hybridized carbons (Fsp3) is 0.667. The van der Waals surface area contributed by atoms with Gasteiger partial charge >= 0.3 is 0 Å². The van der Waals surface area contributed by atoms with Gasteiger partial charge in [-0.05, 0) is 12.8 Å². The van der Waals surface area contributed by atoms with Crippen LogP contribution in [0.5, 0.6) is 0 Å². The summed E-state index contributed by atoms with van der Waals surface area (Å²) in [5, 5.41) is 14.7. The number of hydrogen-bond acceptors (Lipinski definition) is 6. The Morgan fingerprint density at radius 3 is 2.48 bits per heavy atom. The van der Waals surface area contributed by atoms with Gasteiger partial charge in [0, 0.05) is 44.5 Å². The van der Waals surface area contributed by atoms with Gasteiger partial charge in [-0.1, -0.05) is 38.0 Å². The Morgan fingerprint density at radius 2 is 1.89 bits per heavy atom. The summed E-state index contributed by atoms with van der Waals surface area (Å²) in [7, 11) is 1.76. The number of aryl methyl sites for hydroxylation is 3. The van der Waals surface area contributed by atoms with Gasteiger partial charge in [-0.25, -0.2) is 0 Å². The molecule has 0 fully saturated rings. The van der Waals surface area contributed by atoms with Crippen molar-refractivity contribution in [1.82, 2.24) is 25.9 Å². The molecule has 0 saturated heterocycles. The van der Waals surface area contributed by atoms with Gasteiger partial charge in [0.05, 0.1) is 5.69 Å². The van der Waals surface area contributed by atoms with Crippen LogP contribution < -0.4 is 10.6 Å². The van der Waals surface area contributed by atoms with E-state index in [0.29, 0.717) is 12.4 Å². The Hall–Kier alpha value is -1.65. The highest BCUT2D eigenvalue weighted by atomic mass is 127. The van der Waals surface area contributed by atoms with Gasteiger partial charge in [0.2, 0.25) is 5.89 Å². The average Bonchev–Trinajstić information content (AvgIpc) is 3.27. The summed E-state index contributed by atoms with van der Waals surface area (Å²) in [6.07, 6.45) is 3.32. The predicted molar refractivity (Wildman–Crippen MR) is 116 cm³/mol. The van der Waals surface area contributed by atoms with E-state index in [-0.39, 0.29) is 29.9 Å². The van der Waals surface area contributed by atoms with Crippen molar-refractivity contribution in [1.29, 1.82) is 0 Å². The van der Waals surface area contributed by atoms with E-state index in [1.165, 1.54) is 0 Å². The molecule has 2 N–H and O–H groups in total. The number of guanidine groups is 1. The first kappa shape index (κ1) is 23.4. The zero-order valence-electron chi connectivity index (χ0n) is 16.8. The lowest BCUT2D eigenvalue weighted by Gasteiger charge is -2.11. The molecule has 0 aliphatic rings. The standard InChI is InChI=1S/C18H30N6O2.HI/c1-6-14-13(15(7-2)25-23-14)11-21-18(19-5)20-10-8-9-16-22-17(12(3)4)24-26-16;/h12H,6-11H2,1-5H3,(H2,19,20,21);1H. The van der Waals surface area contributed by atoms with E-state index in [2.05, 4.69) is 58.6 Å². The van der Waals surface area contributed by atoms with Crippen molar-refractivity contribution < 1.29 is 9.05 Å². The third-order valence-electron chi connectivity index (χ3n) is 4.12. The van der Waals surface area contributed by atoms with Crippen LogP contribution in [-0.2, 0) is 25.8 Å². The first-order valence-electron chi connectivity index (χ1n) is 9.32. The van der Waals surface area contributed by atoms with Crippen LogP contribution in [0.1, 0.15) is 68.8 Å². The zero-order valence-corrected chi connectivity index (χ0v) is 19.2. The maximum atomic E-state index is 5.39. The molecule has 0 atom stereocenters. The van der Waals surface area contributed by atoms with E-state index in [4.69, 9.17) is 9.05 Å². The fourth-order valence-electron chi connectivity index (χ4n) is 2.58. The Bertz CT molecular complexity index is 689. The van der Waals surface area contributed by atoms with E-state index in [9.17, 15) is 0 Å². The van der Waals surface area contributed by atoms with Crippen LogP contribution in [0.15, 0.2) is 14.0 Å². The number of rotatable bonds is 9. The van der Waals surface area contributed by atoms with Crippen molar-refractivity contribution in [2.24, 2.45) is 4.99 Å². The van der Waals surface area contributed by atoms with Crippen LogP contribution in [0.25, 0.3) is 0 Å². The minimum Gasteiger partial charge on any atom is -0.361 e. The summed E-state index contributed by atoms with van der Waals surface area (Å²) in [6.45, 7) is 9.67. The summed E-state index contributed by atoms with van der Waals surface area (Å²) >= 11 is 0. The molecule has 2 rings (SSSR count). The highest BCUT2D eigenvalue weighted by molar-refractivity contribution is 14.0. The molecule has 0 bridgehead atoms. The lowest BCUT2D eigenvalue weighted by molar-refractivity contribution is 0.368. The van der Waals surface area contributed by atoms with E-state index < -0.39 is 0 Å². The summed E-state index contributed by atoms with van der Waals surface area (Å²) in [4.78, 5) is 8.65. The average molecular weight is 490 g/mol. The van der Waals surface area contributed by atoms with Gasteiger partial charge in [-0.2, -0.15) is 4.98 Å². The lowest BCUT2D eigenvalue weighted by atomic mass is 10.1. The highest BCUT2D eigenvalue weighted by Gasteiger charge is 2.13. The Morgan fingerprint density at radius 1 is 1.11 bits per heavy atom. The van der Waals surface area contributed by atoms with E-state index in [1.807, 2.05) is 0 Å². The van der Waals surface area contributed by atoms with Gasteiger partial charge in [0.1, 0.15) is 5.76 Å². The first-order chi connectivity index (χ1) is 12.6. The van der Waals surface area contributed by atoms with Gasteiger partial charge in [-0.3, -0.25) is 4.99 Å². The van der Waals surface area contributed by atoms with Crippen molar-refractivity contribution >= 4 is 29.9 Å². The van der Waals surface area contributed by atoms with E-state index in [0.717, 1.165) is 61.0 Å². The Kier molecular flexibility index (Phi) is 10.3. The smallest absolute Gasteiger partial charge is 0.226 e. The minimum atomic E-state index is 0. The molecule has 0 radical (unpaired) electrons. The lowest BCUT2D eigenvalue weighted by Crippen LogP contribution is -2.37. The molecule has 2 aromatic heterocycles. The molecule has 0 saturated carbocycles. The summed E-state index contributed by atoms with van der Waals surface area (Å²) in [6, 6.07) is 0. The van der Waals surface area contributed by atoms with Crippen molar-refractivity contribution in [3.05, 3.63) is 28.7 Å². The number of halogens is 1. The molecule has 0 aliphatic carbocycles. The summed E-state index contributed by atoms with van der Waals surface area (Å²) in [5.74, 6) is 3.42. The molecular weight excluding hydrogens is 459 g/mol. The molecule has 0 amide bonds. The minimum absolute atomic E-state index is 0. The number of nitrogens with zero attached hydrogens (tertiary/aromatic N) is 4. The zero-order chi connectivity index (χ0) is 18.9. The number of aliphatic imine (C=N–C) groups is 1. The normalized spacial score (nSPS) is 11.6. The van der Waals surface area contributed by atoms with Crippen LogP contribution in [-0.4, -0.2) is 34.8 Å². The van der Waals surface area contributed by atoms with Crippen molar-refractivity contribution in [2.75, 3.05) is 13.6 Å². The van der Waals surface area contributed by atoms with Gasteiger partial charge in [0.15, 0.2) is 11.8 Å². The quantitative estimate of drug-likeness (QED) is 0.241. The number of nitrogens with one attached hydrogen (secondary N) is 2. The molecule has 2 aromatic rings. The van der Waals surface area contributed by atoms with E-state index in [1.54, 1.807) is 7.05 Å². The predicted octanol–water partition coefficient (Wildman–Crippen LogP) is 3.22. The number of hydrogen-bond donors (Lipinski definition) is 2. The Balaban J connectivity index is 0.00000364. The first-order valence-corrected chi connectivity index (χ1v) is 9.32.